The van der Waals surface area contributed by atoms with Crippen LogP contribution in [-0.2, 0) is 13.1 Å². The number of nitrogens with zero attached hydrogens (tertiary/aromatic N) is 5. The van der Waals surface area contributed by atoms with Crippen molar-refractivity contribution in [3.63, 3.8) is 0 Å². The Balaban J connectivity index is 1.44. The summed E-state index contributed by atoms with van der Waals surface area (Å²) in [7, 11) is 0. The molecule has 0 unspecified atom stereocenters. The van der Waals surface area contributed by atoms with E-state index >= 15 is 0 Å². The Labute approximate surface area is 147 Å². The van der Waals surface area contributed by atoms with E-state index in [2.05, 4.69) is 31.6 Å². The molecule has 25 heavy (non-hydrogen) atoms. The predicted molar refractivity (Wildman–Crippen MR) is 94.9 cm³/mol. The predicted octanol–water partition coefficient (Wildman–Crippen LogP) is 3.33. The lowest BCUT2D eigenvalue weighted by atomic mass is 9.97. The van der Waals surface area contributed by atoms with Crippen molar-refractivity contribution >= 4 is 0 Å². The molecule has 1 aromatic carbocycles. The number of hydrogen-bond acceptors (Lipinski definition) is 5. The fourth-order valence-corrected chi connectivity index (χ4v) is 3.55. The zero-order chi connectivity index (χ0) is 17.1. The van der Waals surface area contributed by atoms with Crippen LogP contribution in [0.4, 0.5) is 0 Å². The number of likely N-dealkylation sites (tertiary alicyclic amines) is 1. The van der Waals surface area contributed by atoms with Crippen molar-refractivity contribution in [2.45, 2.75) is 38.8 Å². The molecule has 1 saturated heterocycles. The Morgan fingerprint density at radius 1 is 1.24 bits per heavy atom. The summed E-state index contributed by atoms with van der Waals surface area (Å²) < 4.78 is 8.11. The number of oxazole rings is 1. The minimum Gasteiger partial charge on any atom is -0.440 e. The van der Waals surface area contributed by atoms with Crippen LogP contribution in [0.5, 0.6) is 0 Å². The number of rotatable bonds is 5. The van der Waals surface area contributed by atoms with Gasteiger partial charge in [-0.3, -0.25) is 4.90 Å². The summed E-state index contributed by atoms with van der Waals surface area (Å²) in [5, 5.41) is 8.43. The molecule has 0 spiro atoms. The number of piperidine rings is 1. The van der Waals surface area contributed by atoms with Gasteiger partial charge in [-0.15, -0.1) is 10.2 Å². The molecule has 0 radical (unpaired) electrons. The van der Waals surface area contributed by atoms with Gasteiger partial charge in [-0.25, -0.2) is 4.98 Å². The van der Waals surface area contributed by atoms with Crippen molar-refractivity contribution in [2.24, 2.45) is 0 Å². The normalized spacial score (nSPS) is 18.5. The van der Waals surface area contributed by atoms with Gasteiger partial charge in [-0.05, 0) is 38.4 Å². The Kier molecular flexibility index (Phi) is 4.61. The third kappa shape index (κ3) is 3.49. The number of aryl methyl sites for hydroxylation is 1. The van der Waals surface area contributed by atoms with Gasteiger partial charge < -0.3 is 8.98 Å². The number of aromatic nitrogens is 4. The summed E-state index contributed by atoms with van der Waals surface area (Å²) in [5.41, 5.74) is 1.02. The summed E-state index contributed by atoms with van der Waals surface area (Å²) in [6.45, 7) is 5.91. The first-order valence-corrected chi connectivity index (χ1v) is 8.93. The molecule has 1 fully saturated rings. The van der Waals surface area contributed by atoms with E-state index in [0.717, 1.165) is 43.3 Å². The summed E-state index contributed by atoms with van der Waals surface area (Å²) in [5.74, 6) is 3.15. The zero-order valence-corrected chi connectivity index (χ0v) is 14.5. The lowest BCUT2D eigenvalue weighted by molar-refractivity contribution is 0.182. The molecule has 1 atom stereocenters. The lowest BCUT2D eigenvalue weighted by Crippen LogP contribution is -2.34. The molecule has 3 heterocycles. The third-order valence-corrected chi connectivity index (χ3v) is 4.81. The molecule has 6 heteroatoms. The van der Waals surface area contributed by atoms with Crippen LogP contribution in [0.3, 0.4) is 0 Å². The van der Waals surface area contributed by atoms with Crippen LogP contribution >= 0.6 is 0 Å². The highest BCUT2D eigenvalue weighted by molar-refractivity contribution is 5.52. The molecule has 0 saturated carbocycles. The smallest absolute Gasteiger partial charge is 0.226 e. The number of benzene rings is 1. The van der Waals surface area contributed by atoms with E-state index in [4.69, 9.17) is 4.42 Å². The average Bonchev–Trinajstić information content (AvgIpc) is 3.32. The van der Waals surface area contributed by atoms with Crippen LogP contribution in [0.2, 0.25) is 0 Å². The Bertz CT molecular complexity index is 810. The van der Waals surface area contributed by atoms with Crippen LogP contribution in [0.25, 0.3) is 11.5 Å². The number of hydrogen-bond donors (Lipinski definition) is 0. The minimum atomic E-state index is 0.438. The first-order valence-electron chi connectivity index (χ1n) is 8.93. The van der Waals surface area contributed by atoms with Gasteiger partial charge in [0, 0.05) is 24.6 Å². The average molecular weight is 337 g/mol. The van der Waals surface area contributed by atoms with Crippen LogP contribution in [0.15, 0.2) is 47.3 Å². The van der Waals surface area contributed by atoms with Gasteiger partial charge in [-0.2, -0.15) is 0 Å². The summed E-state index contributed by atoms with van der Waals surface area (Å²) >= 11 is 0. The molecule has 2 aromatic heterocycles. The van der Waals surface area contributed by atoms with Gasteiger partial charge in [0.1, 0.15) is 17.9 Å². The summed E-state index contributed by atoms with van der Waals surface area (Å²) in [6, 6.07) is 10.0. The Hall–Kier alpha value is -2.47. The molecule has 0 aliphatic carbocycles. The van der Waals surface area contributed by atoms with Crippen molar-refractivity contribution in [3.05, 3.63) is 54.4 Å². The molecule has 1 aliphatic rings. The maximum atomic E-state index is 5.96. The molecular weight excluding hydrogens is 314 g/mol. The second kappa shape index (κ2) is 7.19. The van der Waals surface area contributed by atoms with E-state index in [0.29, 0.717) is 11.8 Å². The Morgan fingerprint density at radius 2 is 2.12 bits per heavy atom. The van der Waals surface area contributed by atoms with Crippen LogP contribution < -0.4 is 0 Å². The van der Waals surface area contributed by atoms with Crippen LogP contribution in [0.1, 0.15) is 37.3 Å². The zero-order valence-electron chi connectivity index (χ0n) is 14.5. The van der Waals surface area contributed by atoms with Gasteiger partial charge in [-0.1, -0.05) is 18.2 Å². The highest BCUT2D eigenvalue weighted by Gasteiger charge is 2.25. The third-order valence-electron chi connectivity index (χ3n) is 4.81. The van der Waals surface area contributed by atoms with Gasteiger partial charge in [0.25, 0.3) is 0 Å². The van der Waals surface area contributed by atoms with Crippen molar-refractivity contribution in [1.82, 2.24) is 24.6 Å². The molecule has 3 aromatic rings. The molecule has 0 N–H and O–H groups in total. The van der Waals surface area contributed by atoms with Gasteiger partial charge in [0.15, 0.2) is 0 Å². The molecule has 6 nitrogen and oxygen atoms in total. The molecular formula is C19H23N5O. The molecule has 1 aliphatic heterocycles. The first-order chi connectivity index (χ1) is 12.3. The van der Waals surface area contributed by atoms with E-state index in [1.54, 1.807) is 0 Å². The maximum Gasteiger partial charge on any atom is 0.226 e. The monoisotopic (exact) mass is 337 g/mol. The van der Waals surface area contributed by atoms with Gasteiger partial charge in [0.05, 0.1) is 12.7 Å². The molecule has 4 rings (SSSR count). The molecule has 0 bridgehead atoms. The Morgan fingerprint density at radius 3 is 2.96 bits per heavy atom. The van der Waals surface area contributed by atoms with Crippen molar-refractivity contribution < 1.29 is 4.42 Å². The van der Waals surface area contributed by atoms with Gasteiger partial charge >= 0.3 is 0 Å². The second-order valence-electron chi connectivity index (χ2n) is 6.55. The SMILES string of the molecule is CCn1cnnc1[C@H]1CCCN(Cc2cnc(-c3ccccc3)o2)C1. The topological polar surface area (TPSA) is 60.0 Å². The van der Waals surface area contributed by atoms with Crippen LogP contribution in [-0.4, -0.2) is 37.7 Å². The van der Waals surface area contributed by atoms with Crippen molar-refractivity contribution in [1.29, 1.82) is 0 Å². The fourth-order valence-electron chi connectivity index (χ4n) is 3.55. The lowest BCUT2D eigenvalue weighted by Gasteiger charge is -2.31. The standard InChI is InChI=1S/C19H23N5O/c1-2-24-14-21-22-18(24)16-9-6-10-23(12-16)13-17-11-20-19(25-17)15-7-4-3-5-8-15/h3-5,7-8,11,14,16H,2,6,9-10,12-13H2,1H3/t16-/m0/s1. The first kappa shape index (κ1) is 16.0. The van der Waals surface area contributed by atoms with E-state index in [-0.39, 0.29) is 0 Å². The van der Waals surface area contributed by atoms with Crippen molar-refractivity contribution in [3.8, 4) is 11.5 Å². The minimum absolute atomic E-state index is 0.438. The highest BCUT2D eigenvalue weighted by atomic mass is 16.4. The van der Waals surface area contributed by atoms with E-state index in [1.807, 2.05) is 42.9 Å². The largest absolute Gasteiger partial charge is 0.440 e. The van der Waals surface area contributed by atoms with E-state index in [9.17, 15) is 0 Å². The maximum absolute atomic E-state index is 5.96. The van der Waals surface area contributed by atoms with Crippen LogP contribution in [0, 0.1) is 0 Å². The second-order valence-corrected chi connectivity index (χ2v) is 6.55. The van der Waals surface area contributed by atoms with E-state index < -0.39 is 0 Å². The summed E-state index contributed by atoms with van der Waals surface area (Å²) in [4.78, 5) is 6.86. The van der Waals surface area contributed by atoms with E-state index in [1.165, 1.54) is 12.8 Å². The molecule has 0 amide bonds. The fraction of sp³-hybridized carbons (Fsp3) is 0.421. The van der Waals surface area contributed by atoms with Crippen molar-refractivity contribution in [2.75, 3.05) is 13.1 Å². The molecule has 130 valence electrons. The van der Waals surface area contributed by atoms with Gasteiger partial charge in [0.2, 0.25) is 5.89 Å². The quantitative estimate of drug-likeness (QED) is 0.715. The highest BCUT2D eigenvalue weighted by Crippen LogP contribution is 2.27. The summed E-state index contributed by atoms with van der Waals surface area (Å²) in [6.07, 6.45) is 6.01.